The summed E-state index contributed by atoms with van der Waals surface area (Å²) in [6.45, 7) is 2.46. The number of halogens is 1. The molecule has 0 radical (unpaired) electrons. The van der Waals surface area contributed by atoms with Crippen molar-refractivity contribution in [3.05, 3.63) is 29.6 Å². The van der Waals surface area contributed by atoms with Crippen LogP contribution in [-0.2, 0) is 16.4 Å². The van der Waals surface area contributed by atoms with Crippen molar-refractivity contribution < 1.29 is 22.7 Å². The summed E-state index contributed by atoms with van der Waals surface area (Å²) in [7, 11) is -3.18. The van der Waals surface area contributed by atoms with Crippen LogP contribution in [0.25, 0.3) is 0 Å². The number of hydrogen-bond donors (Lipinski definition) is 2. The fourth-order valence-corrected chi connectivity index (χ4v) is 3.98. The summed E-state index contributed by atoms with van der Waals surface area (Å²) >= 11 is 0. The van der Waals surface area contributed by atoms with Gasteiger partial charge in [-0.2, -0.15) is 0 Å². The van der Waals surface area contributed by atoms with Gasteiger partial charge < -0.3 is 15.2 Å². The molecular weight excluding hydrogens is 285 g/mol. The van der Waals surface area contributed by atoms with E-state index in [-0.39, 0.29) is 17.3 Å². The van der Waals surface area contributed by atoms with E-state index in [1.54, 1.807) is 13.0 Å². The van der Waals surface area contributed by atoms with Gasteiger partial charge >= 0.3 is 0 Å². The van der Waals surface area contributed by atoms with Crippen LogP contribution in [-0.4, -0.2) is 43.8 Å². The van der Waals surface area contributed by atoms with Crippen LogP contribution in [0.3, 0.4) is 0 Å². The lowest BCUT2D eigenvalue weighted by Gasteiger charge is -2.15. The normalized spacial score (nSPS) is 24.8. The smallest absolute Gasteiger partial charge is 0.165 e. The standard InChI is InChI=1S/C13H18FNO4S/c1-2-19-13-4-3-9(5-10(13)14)6-15-11-7-20(17,18)8-12(11)16/h3-5,11-12,15-16H,2,6-8H2,1H3/t11-,12-/m1/s1. The van der Waals surface area contributed by atoms with Crippen LogP contribution in [0.4, 0.5) is 4.39 Å². The number of ether oxygens (including phenoxy) is 1. The first kappa shape index (κ1) is 15.2. The number of nitrogens with one attached hydrogen (secondary N) is 1. The quantitative estimate of drug-likeness (QED) is 0.827. The van der Waals surface area contributed by atoms with E-state index < -0.39 is 27.8 Å². The third-order valence-corrected chi connectivity index (χ3v) is 4.90. The molecule has 0 aliphatic carbocycles. The molecule has 1 heterocycles. The van der Waals surface area contributed by atoms with Crippen LogP contribution in [0.5, 0.6) is 5.75 Å². The molecule has 1 aromatic carbocycles. The molecule has 5 nitrogen and oxygen atoms in total. The van der Waals surface area contributed by atoms with Gasteiger partial charge in [-0.3, -0.25) is 0 Å². The van der Waals surface area contributed by atoms with Gasteiger partial charge in [-0.1, -0.05) is 6.07 Å². The highest BCUT2D eigenvalue weighted by Gasteiger charge is 2.35. The Bertz CT molecular complexity index is 576. The average Bonchev–Trinajstić information content (AvgIpc) is 2.63. The third-order valence-electron chi connectivity index (χ3n) is 3.19. The Morgan fingerprint density at radius 3 is 2.75 bits per heavy atom. The average molecular weight is 303 g/mol. The van der Waals surface area contributed by atoms with E-state index in [9.17, 15) is 17.9 Å². The minimum absolute atomic E-state index is 0.0896. The second kappa shape index (κ2) is 6.07. The molecule has 7 heteroatoms. The molecular formula is C13H18FNO4S. The Labute approximate surface area is 117 Å². The fraction of sp³-hybridized carbons (Fsp3) is 0.538. The Morgan fingerprint density at radius 2 is 2.20 bits per heavy atom. The van der Waals surface area contributed by atoms with E-state index >= 15 is 0 Å². The van der Waals surface area contributed by atoms with Crippen molar-refractivity contribution in [2.24, 2.45) is 0 Å². The Hall–Kier alpha value is -1.18. The highest BCUT2D eigenvalue weighted by molar-refractivity contribution is 7.91. The zero-order valence-corrected chi connectivity index (χ0v) is 12.0. The summed E-state index contributed by atoms with van der Waals surface area (Å²) in [4.78, 5) is 0. The topological polar surface area (TPSA) is 75.6 Å². The van der Waals surface area contributed by atoms with E-state index in [4.69, 9.17) is 4.74 Å². The van der Waals surface area contributed by atoms with Crippen molar-refractivity contribution in [3.63, 3.8) is 0 Å². The van der Waals surface area contributed by atoms with Gasteiger partial charge in [0.1, 0.15) is 0 Å². The summed E-state index contributed by atoms with van der Waals surface area (Å²) in [5.41, 5.74) is 0.669. The second-order valence-corrected chi connectivity index (χ2v) is 6.98. The molecule has 1 saturated heterocycles. The molecule has 1 fully saturated rings. The molecule has 0 bridgehead atoms. The molecule has 0 saturated carbocycles. The van der Waals surface area contributed by atoms with Gasteiger partial charge in [0.05, 0.1) is 24.2 Å². The summed E-state index contributed by atoms with van der Waals surface area (Å²) < 4.78 is 41.5. The van der Waals surface area contributed by atoms with Crippen molar-refractivity contribution >= 4 is 9.84 Å². The number of aliphatic hydroxyl groups is 1. The summed E-state index contributed by atoms with van der Waals surface area (Å²) in [5.74, 6) is -0.568. The Morgan fingerprint density at radius 1 is 1.45 bits per heavy atom. The lowest BCUT2D eigenvalue weighted by molar-refractivity contribution is 0.165. The highest BCUT2D eigenvalue weighted by atomic mass is 32.2. The summed E-state index contributed by atoms with van der Waals surface area (Å²) in [6, 6.07) is 4.08. The van der Waals surface area contributed by atoms with Gasteiger partial charge in [-0.15, -0.1) is 0 Å². The molecule has 1 aromatic rings. The lowest BCUT2D eigenvalue weighted by Crippen LogP contribution is -2.38. The molecule has 2 N–H and O–H groups in total. The maximum atomic E-state index is 13.6. The van der Waals surface area contributed by atoms with Gasteiger partial charge in [0.15, 0.2) is 21.4 Å². The van der Waals surface area contributed by atoms with E-state index in [2.05, 4.69) is 5.32 Å². The van der Waals surface area contributed by atoms with Crippen molar-refractivity contribution in [3.8, 4) is 5.75 Å². The number of sulfone groups is 1. The minimum atomic E-state index is -3.18. The van der Waals surface area contributed by atoms with Gasteiger partial charge in [0, 0.05) is 12.6 Å². The van der Waals surface area contributed by atoms with E-state index in [0.29, 0.717) is 18.7 Å². The van der Waals surface area contributed by atoms with Crippen LogP contribution >= 0.6 is 0 Å². The summed E-state index contributed by atoms with van der Waals surface area (Å²) in [6.07, 6.45) is -0.910. The van der Waals surface area contributed by atoms with Gasteiger partial charge in [-0.25, -0.2) is 12.8 Å². The Kier molecular flexibility index (Phi) is 4.62. The van der Waals surface area contributed by atoms with E-state index in [0.717, 1.165) is 0 Å². The number of aliphatic hydroxyl groups excluding tert-OH is 1. The molecule has 0 spiro atoms. The van der Waals surface area contributed by atoms with Crippen LogP contribution < -0.4 is 10.1 Å². The van der Waals surface area contributed by atoms with Crippen LogP contribution in [0.1, 0.15) is 12.5 Å². The second-order valence-electron chi connectivity index (χ2n) is 4.83. The molecule has 0 unspecified atom stereocenters. The molecule has 2 atom stereocenters. The molecule has 0 amide bonds. The van der Waals surface area contributed by atoms with Crippen LogP contribution in [0, 0.1) is 5.82 Å². The third kappa shape index (κ3) is 3.68. The minimum Gasteiger partial charge on any atom is -0.491 e. The van der Waals surface area contributed by atoms with E-state index in [1.165, 1.54) is 12.1 Å². The lowest BCUT2D eigenvalue weighted by atomic mass is 10.1. The molecule has 2 rings (SSSR count). The van der Waals surface area contributed by atoms with Crippen molar-refractivity contribution in [1.82, 2.24) is 5.32 Å². The SMILES string of the molecule is CCOc1ccc(CN[C@@H]2CS(=O)(=O)C[C@H]2O)cc1F. The fourth-order valence-electron chi connectivity index (χ4n) is 2.20. The molecule has 1 aliphatic heterocycles. The molecule has 0 aromatic heterocycles. The molecule has 1 aliphatic rings. The van der Waals surface area contributed by atoms with Gasteiger partial charge in [0.25, 0.3) is 0 Å². The Balaban J connectivity index is 1.96. The first-order chi connectivity index (χ1) is 9.41. The maximum absolute atomic E-state index is 13.6. The van der Waals surface area contributed by atoms with Crippen LogP contribution in [0.15, 0.2) is 18.2 Å². The summed E-state index contributed by atoms with van der Waals surface area (Å²) in [5, 5.41) is 12.6. The zero-order valence-electron chi connectivity index (χ0n) is 11.2. The highest BCUT2D eigenvalue weighted by Crippen LogP contribution is 2.19. The van der Waals surface area contributed by atoms with Crippen molar-refractivity contribution in [2.45, 2.75) is 25.6 Å². The van der Waals surface area contributed by atoms with Crippen molar-refractivity contribution in [1.29, 1.82) is 0 Å². The number of benzene rings is 1. The number of rotatable bonds is 5. The van der Waals surface area contributed by atoms with E-state index in [1.807, 2.05) is 0 Å². The monoisotopic (exact) mass is 303 g/mol. The molecule has 20 heavy (non-hydrogen) atoms. The van der Waals surface area contributed by atoms with Crippen LogP contribution in [0.2, 0.25) is 0 Å². The largest absolute Gasteiger partial charge is 0.491 e. The molecule has 112 valence electrons. The maximum Gasteiger partial charge on any atom is 0.165 e. The first-order valence-corrected chi connectivity index (χ1v) is 8.26. The van der Waals surface area contributed by atoms with Gasteiger partial charge in [0.2, 0.25) is 0 Å². The van der Waals surface area contributed by atoms with Gasteiger partial charge in [-0.05, 0) is 24.6 Å². The first-order valence-electron chi connectivity index (χ1n) is 6.44. The predicted molar refractivity (Wildman–Crippen MR) is 72.9 cm³/mol. The van der Waals surface area contributed by atoms with Crippen molar-refractivity contribution in [2.75, 3.05) is 18.1 Å². The predicted octanol–water partition coefficient (Wildman–Crippen LogP) is 0.472. The zero-order chi connectivity index (χ0) is 14.8. The number of hydrogen-bond acceptors (Lipinski definition) is 5.